The van der Waals surface area contributed by atoms with Gasteiger partial charge in [-0.05, 0) is 24.3 Å². The molecule has 0 aromatic heterocycles. The molecule has 2 unspecified atom stereocenters. The molecule has 106 valence electrons. The van der Waals surface area contributed by atoms with Crippen LogP contribution in [0, 0.1) is 23.1 Å². The van der Waals surface area contributed by atoms with Crippen molar-refractivity contribution in [3.05, 3.63) is 59.4 Å². The van der Waals surface area contributed by atoms with E-state index in [1.165, 1.54) is 6.07 Å². The summed E-state index contributed by atoms with van der Waals surface area (Å²) in [4.78, 5) is 0. The predicted octanol–water partition coefficient (Wildman–Crippen LogP) is 3.88. The first-order chi connectivity index (χ1) is 10.2. The summed E-state index contributed by atoms with van der Waals surface area (Å²) in [7, 11) is 0. The van der Waals surface area contributed by atoms with E-state index < -0.39 is 5.82 Å². The van der Waals surface area contributed by atoms with Gasteiger partial charge in [-0.15, -0.1) is 0 Å². The van der Waals surface area contributed by atoms with Gasteiger partial charge < -0.3 is 10.1 Å². The molecule has 0 fully saturated rings. The minimum Gasteiger partial charge on any atom is -0.493 e. The standard InChI is InChI=1S/C17H15FN2O/c1-11-10-21-16-5-3-2-4-13(16)17(11)20-15-7-6-12(9-19)8-14(15)18/h2-8,11,17,20H,10H2,1H3. The van der Waals surface area contributed by atoms with Gasteiger partial charge in [0.05, 0.1) is 30.0 Å². The summed E-state index contributed by atoms with van der Waals surface area (Å²) in [5.41, 5.74) is 1.75. The number of ether oxygens (including phenoxy) is 1. The number of fused-ring (bicyclic) bond motifs is 1. The molecule has 1 aliphatic rings. The zero-order chi connectivity index (χ0) is 14.8. The van der Waals surface area contributed by atoms with Gasteiger partial charge in [0.15, 0.2) is 0 Å². The molecule has 0 amide bonds. The average Bonchev–Trinajstić information content (AvgIpc) is 2.51. The van der Waals surface area contributed by atoms with Crippen LogP contribution in [0.3, 0.4) is 0 Å². The molecule has 0 saturated carbocycles. The van der Waals surface area contributed by atoms with Gasteiger partial charge >= 0.3 is 0 Å². The fourth-order valence-corrected chi connectivity index (χ4v) is 2.58. The summed E-state index contributed by atoms with van der Waals surface area (Å²) >= 11 is 0. The third-order valence-electron chi connectivity index (χ3n) is 3.73. The lowest BCUT2D eigenvalue weighted by Gasteiger charge is -2.32. The maximum Gasteiger partial charge on any atom is 0.147 e. The molecular formula is C17H15FN2O. The SMILES string of the molecule is CC1COc2ccccc2C1Nc1ccc(C#N)cc1F. The molecule has 0 aliphatic carbocycles. The lowest BCUT2D eigenvalue weighted by Crippen LogP contribution is -2.29. The number of anilines is 1. The topological polar surface area (TPSA) is 45.0 Å². The van der Waals surface area contributed by atoms with Gasteiger partial charge in [0.2, 0.25) is 0 Å². The van der Waals surface area contributed by atoms with E-state index in [9.17, 15) is 4.39 Å². The lowest BCUT2D eigenvalue weighted by atomic mass is 9.91. The van der Waals surface area contributed by atoms with E-state index in [0.717, 1.165) is 11.3 Å². The molecule has 2 aromatic carbocycles. The van der Waals surface area contributed by atoms with Crippen molar-refractivity contribution in [2.45, 2.75) is 13.0 Å². The third kappa shape index (κ3) is 2.55. The number of nitriles is 1. The second kappa shape index (κ2) is 5.45. The highest BCUT2D eigenvalue weighted by molar-refractivity contribution is 5.52. The molecule has 21 heavy (non-hydrogen) atoms. The number of para-hydroxylation sites is 1. The first-order valence-corrected chi connectivity index (χ1v) is 6.87. The van der Waals surface area contributed by atoms with Gasteiger partial charge in [0, 0.05) is 11.5 Å². The largest absolute Gasteiger partial charge is 0.493 e. The number of benzene rings is 2. The zero-order valence-corrected chi connectivity index (χ0v) is 11.6. The lowest BCUT2D eigenvalue weighted by molar-refractivity contribution is 0.214. The first-order valence-electron chi connectivity index (χ1n) is 6.87. The van der Waals surface area contributed by atoms with Crippen LogP contribution < -0.4 is 10.1 Å². The summed E-state index contributed by atoms with van der Waals surface area (Å²) in [6, 6.07) is 14.2. The van der Waals surface area contributed by atoms with E-state index in [1.807, 2.05) is 30.3 Å². The van der Waals surface area contributed by atoms with E-state index in [0.29, 0.717) is 17.9 Å². The molecule has 3 nitrogen and oxygen atoms in total. The molecule has 3 rings (SSSR count). The van der Waals surface area contributed by atoms with Crippen LogP contribution in [-0.4, -0.2) is 6.61 Å². The fourth-order valence-electron chi connectivity index (χ4n) is 2.58. The number of hydrogen-bond acceptors (Lipinski definition) is 3. The number of halogens is 1. The van der Waals surface area contributed by atoms with E-state index in [1.54, 1.807) is 12.1 Å². The van der Waals surface area contributed by atoms with Crippen LogP contribution in [0.25, 0.3) is 0 Å². The number of rotatable bonds is 2. The van der Waals surface area contributed by atoms with Crippen molar-refractivity contribution in [3.63, 3.8) is 0 Å². The van der Waals surface area contributed by atoms with Gasteiger partial charge in [-0.25, -0.2) is 4.39 Å². The Morgan fingerprint density at radius 2 is 2.10 bits per heavy atom. The second-order valence-corrected chi connectivity index (χ2v) is 5.25. The Bertz CT molecular complexity index is 708. The molecule has 2 aromatic rings. The molecular weight excluding hydrogens is 267 g/mol. The normalized spacial score (nSPS) is 20.0. The van der Waals surface area contributed by atoms with Crippen LogP contribution in [0.5, 0.6) is 5.75 Å². The smallest absolute Gasteiger partial charge is 0.147 e. The Morgan fingerprint density at radius 1 is 1.29 bits per heavy atom. The molecule has 2 atom stereocenters. The van der Waals surface area contributed by atoms with Gasteiger partial charge in [0.1, 0.15) is 11.6 Å². The quantitative estimate of drug-likeness (QED) is 0.909. The summed E-state index contributed by atoms with van der Waals surface area (Å²) in [6.45, 7) is 2.65. The monoisotopic (exact) mass is 282 g/mol. The fraction of sp³-hybridized carbons (Fsp3) is 0.235. The number of nitrogens with zero attached hydrogens (tertiary/aromatic N) is 1. The van der Waals surface area contributed by atoms with Crippen molar-refractivity contribution in [1.82, 2.24) is 0 Å². The molecule has 1 N–H and O–H groups in total. The number of hydrogen-bond donors (Lipinski definition) is 1. The van der Waals surface area contributed by atoms with Crippen LogP contribution in [0.2, 0.25) is 0 Å². The summed E-state index contributed by atoms with van der Waals surface area (Å²) < 4.78 is 19.7. The maximum absolute atomic E-state index is 14.1. The van der Waals surface area contributed by atoms with Gasteiger partial charge in [-0.3, -0.25) is 0 Å². The van der Waals surface area contributed by atoms with Gasteiger partial charge in [-0.1, -0.05) is 25.1 Å². The van der Waals surface area contributed by atoms with Crippen molar-refractivity contribution in [2.75, 3.05) is 11.9 Å². The Labute approximate surface area is 123 Å². The zero-order valence-electron chi connectivity index (χ0n) is 11.6. The maximum atomic E-state index is 14.1. The summed E-state index contributed by atoms with van der Waals surface area (Å²) in [5, 5.41) is 12.0. The highest BCUT2D eigenvalue weighted by atomic mass is 19.1. The van der Waals surface area contributed by atoms with Crippen molar-refractivity contribution < 1.29 is 9.13 Å². The Hall–Kier alpha value is -2.54. The van der Waals surface area contributed by atoms with Crippen molar-refractivity contribution in [2.24, 2.45) is 5.92 Å². The Morgan fingerprint density at radius 3 is 2.86 bits per heavy atom. The van der Waals surface area contributed by atoms with Gasteiger partial charge in [-0.2, -0.15) is 5.26 Å². The average molecular weight is 282 g/mol. The van der Waals surface area contributed by atoms with E-state index >= 15 is 0 Å². The Kier molecular flexibility index (Phi) is 3.49. The van der Waals surface area contributed by atoms with Crippen LogP contribution in [0.15, 0.2) is 42.5 Å². The van der Waals surface area contributed by atoms with E-state index in [2.05, 4.69) is 12.2 Å². The van der Waals surface area contributed by atoms with E-state index in [-0.39, 0.29) is 12.0 Å². The van der Waals surface area contributed by atoms with Crippen molar-refractivity contribution in [3.8, 4) is 11.8 Å². The van der Waals surface area contributed by atoms with E-state index in [4.69, 9.17) is 10.00 Å². The predicted molar refractivity (Wildman–Crippen MR) is 78.6 cm³/mol. The first kappa shape index (κ1) is 13.4. The highest BCUT2D eigenvalue weighted by Gasteiger charge is 2.28. The minimum atomic E-state index is -0.412. The van der Waals surface area contributed by atoms with Crippen LogP contribution in [-0.2, 0) is 0 Å². The molecule has 0 radical (unpaired) electrons. The molecule has 1 heterocycles. The van der Waals surface area contributed by atoms with Crippen LogP contribution in [0.4, 0.5) is 10.1 Å². The molecule has 4 heteroatoms. The molecule has 0 bridgehead atoms. The van der Waals surface area contributed by atoms with Crippen molar-refractivity contribution >= 4 is 5.69 Å². The van der Waals surface area contributed by atoms with Gasteiger partial charge in [0.25, 0.3) is 0 Å². The van der Waals surface area contributed by atoms with Crippen LogP contribution in [0.1, 0.15) is 24.1 Å². The number of nitrogens with one attached hydrogen (secondary N) is 1. The minimum absolute atomic E-state index is 0.0163. The molecule has 1 aliphatic heterocycles. The summed E-state index contributed by atoms with van der Waals surface area (Å²) in [5.74, 6) is 0.641. The third-order valence-corrected chi connectivity index (χ3v) is 3.73. The van der Waals surface area contributed by atoms with Crippen LogP contribution >= 0.6 is 0 Å². The molecule has 0 spiro atoms. The van der Waals surface area contributed by atoms with Crippen molar-refractivity contribution in [1.29, 1.82) is 5.26 Å². The Balaban J connectivity index is 1.93. The second-order valence-electron chi connectivity index (χ2n) is 5.25. The molecule has 0 saturated heterocycles. The summed E-state index contributed by atoms with van der Waals surface area (Å²) in [6.07, 6.45) is 0. The highest BCUT2D eigenvalue weighted by Crippen LogP contribution is 2.37.